The molecule has 0 fully saturated rings. The van der Waals surface area contributed by atoms with Crippen LogP contribution in [-0.4, -0.2) is 28.1 Å². The fraction of sp³-hybridized carbons (Fsp3) is 1.00. The second-order valence-electron chi connectivity index (χ2n) is 2.66. The Morgan fingerprint density at radius 1 is 1.50 bits per heavy atom. The summed E-state index contributed by atoms with van der Waals surface area (Å²) < 4.78 is 26.5. The highest BCUT2D eigenvalue weighted by Gasteiger charge is 2.10. The molecule has 0 aromatic heterocycles. The van der Waals surface area contributed by atoms with Crippen molar-refractivity contribution in [1.29, 1.82) is 0 Å². The maximum atomic E-state index is 10.9. The first kappa shape index (κ1) is 11.8. The Morgan fingerprint density at radius 2 is 2.08 bits per heavy atom. The molecule has 0 heterocycles. The normalized spacial score (nSPS) is 14.6. The molecule has 0 radical (unpaired) electrons. The third-order valence-electron chi connectivity index (χ3n) is 1.47. The molecule has 74 valence electrons. The monoisotopic (exact) mass is 195 g/mol. The van der Waals surface area contributed by atoms with Crippen LogP contribution < -0.4 is 15.2 Å². The fourth-order valence-electron chi connectivity index (χ4n) is 0.807. The first-order valence-corrected chi connectivity index (χ1v) is 5.41. The van der Waals surface area contributed by atoms with Crippen LogP contribution in [0.4, 0.5) is 0 Å². The Labute approximate surface area is 73.9 Å². The SMILES string of the molecule is CNS(=O)(=O)NC(C)CCCN. The Kier molecular flexibility index (Phi) is 5.39. The summed E-state index contributed by atoms with van der Waals surface area (Å²) in [4.78, 5) is 0. The van der Waals surface area contributed by atoms with E-state index in [9.17, 15) is 8.42 Å². The minimum atomic E-state index is -3.29. The molecule has 1 unspecified atom stereocenters. The van der Waals surface area contributed by atoms with Gasteiger partial charge in [-0.25, -0.2) is 4.72 Å². The van der Waals surface area contributed by atoms with E-state index >= 15 is 0 Å². The Hall–Kier alpha value is -0.170. The van der Waals surface area contributed by atoms with Crippen LogP contribution in [0.3, 0.4) is 0 Å². The number of rotatable bonds is 6. The highest BCUT2D eigenvalue weighted by molar-refractivity contribution is 7.87. The molecular formula is C6H17N3O2S. The quantitative estimate of drug-likeness (QED) is 0.517. The zero-order chi connectivity index (χ0) is 9.61. The standard InChI is InChI=1S/C6H17N3O2S/c1-6(4-3-5-7)9-12(10,11)8-2/h6,8-9H,3-5,7H2,1-2H3. The van der Waals surface area contributed by atoms with Crippen molar-refractivity contribution in [2.45, 2.75) is 25.8 Å². The smallest absolute Gasteiger partial charge is 0.276 e. The summed E-state index contributed by atoms with van der Waals surface area (Å²) in [5.41, 5.74) is 5.28. The zero-order valence-corrected chi connectivity index (χ0v) is 8.32. The molecular weight excluding hydrogens is 178 g/mol. The molecule has 4 N–H and O–H groups in total. The molecule has 6 heteroatoms. The molecule has 0 bridgehead atoms. The van der Waals surface area contributed by atoms with Crippen LogP contribution in [0.5, 0.6) is 0 Å². The third-order valence-corrected chi connectivity index (χ3v) is 2.72. The van der Waals surface area contributed by atoms with Crippen LogP contribution in [-0.2, 0) is 10.2 Å². The first-order valence-electron chi connectivity index (χ1n) is 3.92. The van der Waals surface area contributed by atoms with Gasteiger partial charge < -0.3 is 5.73 Å². The van der Waals surface area contributed by atoms with Crippen LogP contribution in [0.2, 0.25) is 0 Å². The molecule has 0 aromatic rings. The van der Waals surface area contributed by atoms with Crippen molar-refractivity contribution in [3.63, 3.8) is 0 Å². The predicted octanol–water partition coefficient (Wildman–Crippen LogP) is -0.832. The summed E-state index contributed by atoms with van der Waals surface area (Å²) in [6, 6.07) is -0.0639. The van der Waals surface area contributed by atoms with E-state index in [-0.39, 0.29) is 6.04 Å². The lowest BCUT2D eigenvalue weighted by molar-refractivity contribution is 0.532. The molecule has 1 atom stereocenters. The number of hydrogen-bond donors (Lipinski definition) is 3. The van der Waals surface area contributed by atoms with Crippen molar-refractivity contribution in [3.8, 4) is 0 Å². The Balaban J connectivity index is 3.76. The molecule has 0 aromatic carbocycles. The topological polar surface area (TPSA) is 84.2 Å². The van der Waals surface area contributed by atoms with Crippen molar-refractivity contribution in [2.75, 3.05) is 13.6 Å². The van der Waals surface area contributed by atoms with E-state index in [1.165, 1.54) is 7.05 Å². The van der Waals surface area contributed by atoms with Crippen LogP contribution in [0.1, 0.15) is 19.8 Å². The second kappa shape index (κ2) is 5.47. The first-order chi connectivity index (χ1) is 5.52. The summed E-state index contributed by atoms with van der Waals surface area (Å²) in [6.07, 6.45) is 1.59. The summed E-state index contributed by atoms with van der Waals surface area (Å²) >= 11 is 0. The van der Waals surface area contributed by atoms with Gasteiger partial charge >= 0.3 is 0 Å². The minimum absolute atomic E-state index is 0.0639. The van der Waals surface area contributed by atoms with Gasteiger partial charge in [0.2, 0.25) is 0 Å². The van der Waals surface area contributed by atoms with Crippen molar-refractivity contribution in [3.05, 3.63) is 0 Å². The lowest BCUT2D eigenvalue weighted by Crippen LogP contribution is -2.39. The average Bonchev–Trinajstić information content (AvgIpc) is 2.00. The van der Waals surface area contributed by atoms with Crippen molar-refractivity contribution in [1.82, 2.24) is 9.44 Å². The second-order valence-corrected chi connectivity index (χ2v) is 4.31. The molecule has 0 amide bonds. The van der Waals surface area contributed by atoms with Crippen LogP contribution >= 0.6 is 0 Å². The van der Waals surface area contributed by atoms with Gasteiger partial charge in [0.25, 0.3) is 10.2 Å². The van der Waals surface area contributed by atoms with E-state index in [1.54, 1.807) is 0 Å². The predicted molar refractivity (Wildman–Crippen MR) is 48.9 cm³/mol. The van der Waals surface area contributed by atoms with Crippen LogP contribution in [0.15, 0.2) is 0 Å². The van der Waals surface area contributed by atoms with Crippen molar-refractivity contribution >= 4 is 10.2 Å². The highest BCUT2D eigenvalue weighted by Crippen LogP contribution is 1.95. The summed E-state index contributed by atoms with van der Waals surface area (Å²) in [6.45, 7) is 2.40. The van der Waals surface area contributed by atoms with Gasteiger partial charge in [-0.05, 0) is 26.3 Å². The van der Waals surface area contributed by atoms with Crippen LogP contribution in [0, 0.1) is 0 Å². The Bertz CT molecular complexity index is 203. The zero-order valence-electron chi connectivity index (χ0n) is 7.50. The van der Waals surface area contributed by atoms with Gasteiger partial charge in [-0.1, -0.05) is 0 Å². The number of nitrogens with one attached hydrogen (secondary N) is 2. The summed E-state index contributed by atoms with van der Waals surface area (Å²) in [5.74, 6) is 0. The van der Waals surface area contributed by atoms with E-state index in [2.05, 4.69) is 9.44 Å². The van der Waals surface area contributed by atoms with Gasteiger partial charge in [0.05, 0.1) is 0 Å². The van der Waals surface area contributed by atoms with Gasteiger partial charge in [0.15, 0.2) is 0 Å². The van der Waals surface area contributed by atoms with Crippen molar-refractivity contribution in [2.24, 2.45) is 5.73 Å². The van der Waals surface area contributed by atoms with E-state index < -0.39 is 10.2 Å². The third kappa shape index (κ3) is 5.48. The van der Waals surface area contributed by atoms with E-state index in [4.69, 9.17) is 5.73 Å². The molecule has 0 saturated carbocycles. The van der Waals surface area contributed by atoms with Gasteiger partial charge in [-0.3, -0.25) is 0 Å². The number of nitrogens with two attached hydrogens (primary N) is 1. The van der Waals surface area contributed by atoms with E-state index in [0.29, 0.717) is 6.54 Å². The molecule has 0 aliphatic rings. The van der Waals surface area contributed by atoms with E-state index in [1.807, 2.05) is 6.92 Å². The largest absolute Gasteiger partial charge is 0.330 e. The molecule has 5 nitrogen and oxygen atoms in total. The lowest BCUT2D eigenvalue weighted by Gasteiger charge is -2.12. The Morgan fingerprint density at radius 3 is 2.50 bits per heavy atom. The molecule has 0 aliphatic heterocycles. The maximum Gasteiger partial charge on any atom is 0.276 e. The molecule has 0 rings (SSSR count). The van der Waals surface area contributed by atoms with Gasteiger partial charge in [-0.2, -0.15) is 13.1 Å². The van der Waals surface area contributed by atoms with Crippen molar-refractivity contribution < 1.29 is 8.42 Å². The van der Waals surface area contributed by atoms with E-state index in [0.717, 1.165) is 12.8 Å². The number of hydrogen-bond acceptors (Lipinski definition) is 3. The molecule has 0 saturated heterocycles. The summed E-state index contributed by atoms with van der Waals surface area (Å²) in [5, 5.41) is 0. The summed E-state index contributed by atoms with van der Waals surface area (Å²) in [7, 11) is -1.92. The minimum Gasteiger partial charge on any atom is -0.330 e. The van der Waals surface area contributed by atoms with Gasteiger partial charge in [-0.15, -0.1) is 0 Å². The average molecular weight is 195 g/mol. The lowest BCUT2D eigenvalue weighted by atomic mass is 10.2. The molecule has 12 heavy (non-hydrogen) atoms. The van der Waals surface area contributed by atoms with Crippen LogP contribution in [0.25, 0.3) is 0 Å². The fourth-order valence-corrected chi connectivity index (χ4v) is 1.57. The molecule has 0 aliphatic carbocycles. The highest BCUT2D eigenvalue weighted by atomic mass is 32.2. The van der Waals surface area contributed by atoms with Gasteiger partial charge in [0, 0.05) is 13.1 Å². The van der Waals surface area contributed by atoms with Gasteiger partial charge in [0.1, 0.15) is 0 Å². The molecule has 0 spiro atoms. The maximum absolute atomic E-state index is 10.9.